The third-order valence-corrected chi connectivity index (χ3v) is 4.48. The molecule has 0 amide bonds. The van der Waals surface area contributed by atoms with Crippen LogP contribution in [0.2, 0.25) is 0 Å². The molecule has 1 saturated carbocycles. The first-order valence-corrected chi connectivity index (χ1v) is 7.43. The van der Waals surface area contributed by atoms with Crippen molar-refractivity contribution in [3.05, 3.63) is 28.2 Å². The molecule has 0 bridgehead atoms. The van der Waals surface area contributed by atoms with Crippen LogP contribution in [0.3, 0.4) is 0 Å². The number of carbonyl (C=O) groups is 1. The van der Waals surface area contributed by atoms with Crippen molar-refractivity contribution < 1.29 is 9.53 Å². The monoisotopic (exact) mass is 325 g/mol. The lowest BCUT2D eigenvalue weighted by Gasteiger charge is -2.33. The van der Waals surface area contributed by atoms with Gasteiger partial charge >= 0.3 is 5.97 Å². The van der Waals surface area contributed by atoms with Gasteiger partial charge in [-0.2, -0.15) is 0 Å². The largest absolute Gasteiger partial charge is 0.459 e. The average molecular weight is 326 g/mol. The lowest BCUT2D eigenvalue weighted by atomic mass is 9.76. The van der Waals surface area contributed by atoms with Crippen LogP contribution >= 0.6 is 15.9 Å². The van der Waals surface area contributed by atoms with Crippen LogP contribution in [0.15, 0.2) is 22.7 Å². The minimum Gasteiger partial charge on any atom is -0.459 e. The fourth-order valence-electron chi connectivity index (χ4n) is 2.36. The highest BCUT2D eigenvalue weighted by molar-refractivity contribution is 9.10. The van der Waals surface area contributed by atoms with Gasteiger partial charge in [-0.25, -0.2) is 4.79 Å². The van der Waals surface area contributed by atoms with E-state index >= 15 is 0 Å². The molecule has 0 unspecified atom stereocenters. The molecule has 1 aromatic carbocycles. The highest BCUT2D eigenvalue weighted by Crippen LogP contribution is 2.36. The van der Waals surface area contributed by atoms with Crippen LogP contribution in [0.1, 0.15) is 49.9 Å². The van der Waals surface area contributed by atoms with Crippen LogP contribution in [-0.4, -0.2) is 12.1 Å². The molecule has 1 aromatic rings. The van der Waals surface area contributed by atoms with E-state index in [1.165, 1.54) is 0 Å². The Balaban J connectivity index is 1.96. The summed E-state index contributed by atoms with van der Waals surface area (Å²) in [6, 6.07) is 5.13. The highest BCUT2D eigenvalue weighted by atomic mass is 79.9. The summed E-state index contributed by atoms with van der Waals surface area (Å²) in [7, 11) is 0. The molecule has 0 atom stereocenters. The van der Waals surface area contributed by atoms with Gasteiger partial charge in [0, 0.05) is 10.2 Å². The molecule has 0 aromatic heterocycles. The first-order valence-electron chi connectivity index (χ1n) is 6.63. The van der Waals surface area contributed by atoms with Gasteiger partial charge in [-0.05, 0) is 65.2 Å². The quantitative estimate of drug-likeness (QED) is 0.656. The first-order chi connectivity index (χ1) is 8.87. The normalized spacial score (nSPS) is 19.1. The van der Waals surface area contributed by atoms with Gasteiger partial charge in [0.1, 0.15) is 6.10 Å². The standard InChI is InChI=1S/C15H20BrNO2/c1-15(2)7-5-11(6-8-15)19-14(18)10-3-4-13(17)12(16)9-10/h3-4,9,11H,5-8,17H2,1-2H3. The molecule has 0 heterocycles. The number of nitrogens with two attached hydrogens (primary N) is 1. The molecular weight excluding hydrogens is 306 g/mol. The van der Waals surface area contributed by atoms with Crippen molar-refractivity contribution in [2.24, 2.45) is 5.41 Å². The highest BCUT2D eigenvalue weighted by Gasteiger charge is 2.29. The number of benzene rings is 1. The Bertz CT molecular complexity index is 475. The van der Waals surface area contributed by atoms with Gasteiger partial charge < -0.3 is 10.5 Å². The van der Waals surface area contributed by atoms with Crippen LogP contribution in [0.4, 0.5) is 5.69 Å². The van der Waals surface area contributed by atoms with Crippen molar-refractivity contribution in [1.82, 2.24) is 0 Å². The number of hydrogen-bond acceptors (Lipinski definition) is 3. The Morgan fingerprint density at radius 2 is 2.00 bits per heavy atom. The molecule has 1 fully saturated rings. The predicted octanol–water partition coefficient (Wildman–Crippen LogP) is 4.16. The lowest BCUT2D eigenvalue weighted by molar-refractivity contribution is 0.00951. The number of carbonyl (C=O) groups excluding carboxylic acids is 1. The van der Waals surface area contributed by atoms with Crippen molar-refractivity contribution in [1.29, 1.82) is 0 Å². The maximum atomic E-state index is 12.1. The molecule has 1 aliphatic carbocycles. The number of nitrogen functional groups attached to an aromatic ring is 1. The molecule has 0 spiro atoms. The van der Waals surface area contributed by atoms with Gasteiger partial charge in [0.25, 0.3) is 0 Å². The summed E-state index contributed by atoms with van der Waals surface area (Å²) >= 11 is 3.32. The van der Waals surface area contributed by atoms with Gasteiger partial charge in [-0.3, -0.25) is 0 Å². The number of hydrogen-bond donors (Lipinski definition) is 1. The zero-order chi connectivity index (χ0) is 14.0. The average Bonchev–Trinajstić information content (AvgIpc) is 2.35. The molecule has 0 radical (unpaired) electrons. The Kier molecular flexibility index (Phi) is 4.19. The Morgan fingerprint density at radius 1 is 1.37 bits per heavy atom. The van der Waals surface area contributed by atoms with E-state index in [1.807, 2.05) is 0 Å². The van der Waals surface area contributed by atoms with Crippen LogP contribution in [0, 0.1) is 5.41 Å². The van der Waals surface area contributed by atoms with Gasteiger partial charge in [0.15, 0.2) is 0 Å². The van der Waals surface area contributed by atoms with Crippen molar-refractivity contribution >= 4 is 27.6 Å². The summed E-state index contributed by atoms with van der Waals surface area (Å²) in [5.74, 6) is -0.259. The minimum absolute atomic E-state index is 0.0526. The molecule has 104 valence electrons. The fourth-order valence-corrected chi connectivity index (χ4v) is 2.74. The number of esters is 1. The van der Waals surface area contributed by atoms with Crippen LogP contribution in [-0.2, 0) is 4.74 Å². The van der Waals surface area contributed by atoms with Crippen molar-refractivity contribution in [3.63, 3.8) is 0 Å². The molecule has 3 nitrogen and oxygen atoms in total. The zero-order valence-corrected chi connectivity index (χ0v) is 13.0. The minimum atomic E-state index is -0.259. The summed E-state index contributed by atoms with van der Waals surface area (Å²) in [6.45, 7) is 4.53. The smallest absolute Gasteiger partial charge is 0.338 e. The van der Waals surface area contributed by atoms with Crippen LogP contribution in [0.5, 0.6) is 0 Å². The third kappa shape index (κ3) is 3.72. The second kappa shape index (κ2) is 5.53. The summed E-state index contributed by atoms with van der Waals surface area (Å²) in [6.07, 6.45) is 4.17. The Morgan fingerprint density at radius 3 is 2.58 bits per heavy atom. The fraction of sp³-hybridized carbons (Fsp3) is 0.533. The predicted molar refractivity (Wildman–Crippen MR) is 80.0 cm³/mol. The molecule has 0 aliphatic heterocycles. The molecule has 0 saturated heterocycles. The second-order valence-corrected chi connectivity index (χ2v) is 6.86. The summed E-state index contributed by atoms with van der Waals surface area (Å²) in [5, 5.41) is 0. The summed E-state index contributed by atoms with van der Waals surface area (Å²) in [5.41, 5.74) is 7.25. The van der Waals surface area contributed by atoms with Crippen molar-refractivity contribution in [3.8, 4) is 0 Å². The molecule has 2 rings (SSSR count). The van der Waals surface area contributed by atoms with Crippen molar-refractivity contribution in [2.75, 3.05) is 5.73 Å². The maximum Gasteiger partial charge on any atom is 0.338 e. The summed E-state index contributed by atoms with van der Waals surface area (Å²) < 4.78 is 6.29. The topological polar surface area (TPSA) is 52.3 Å². The van der Waals surface area contributed by atoms with Crippen LogP contribution < -0.4 is 5.73 Å². The zero-order valence-electron chi connectivity index (χ0n) is 11.4. The number of halogens is 1. The summed E-state index contributed by atoms with van der Waals surface area (Å²) in [4.78, 5) is 12.1. The number of ether oxygens (including phenoxy) is 1. The van der Waals surface area contributed by atoms with E-state index in [0.29, 0.717) is 16.7 Å². The van der Waals surface area contributed by atoms with Gasteiger partial charge in [-0.15, -0.1) is 0 Å². The molecule has 4 heteroatoms. The molecule has 2 N–H and O–H groups in total. The SMILES string of the molecule is CC1(C)CCC(OC(=O)c2ccc(N)c(Br)c2)CC1. The van der Waals surface area contributed by atoms with E-state index in [0.717, 1.165) is 30.2 Å². The number of anilines is 1. The van der Waals surface area contributed by atoms with E-state index in [1.54, 1.807) is 18.2 Å². The van der Waals surface area contributed by atoms with E-state index < -0.39 is 0 Å². The lowest BCUT2D eigenvalue weighted by Crippen LogP contribution is -2.28. The number of rotatable bonds is 2. The van der Waals surface area contributed by atoms with Crippen LogP contribution in [0.25, 0.3) is 0 Å². The molecule has 19 heavy (non-hydrogen) atoms. The Labute approximate surface area is 122 Å². The van der Waals surface area contributed by atoms with E-state index in [9.17, 15) is 4.79 Å². The first kappa shape index (κ1) is 14.4. The Hall–Kier alpha value is -1.03. The van der Waals surface area contributed by atoms with E-state index in [4.69, 9.17) is 10.5 Å². The van der Waals surface area contributed by atoms with Gasteiger partial charge in [0.2, 0.25) is 0 Å². The molecular formula is C15H20BrNO2. The van der Waals surface area contributed by atoms with Gasteiger partial charge in [-0.1, -0.05) is 13.8 Å². The third-order valence-electron chi connectivity index (χ3n) is 3.80. The van der Waals surface area contributed by atoms with Crippen molar-refractivity contribution in [2.45, 2.75) is 45.6 Å². The van der Waals surface area contributed by atoms with E-state index in [2.05, 4.69) is 29.8 Å². The van der Waals surface area contributed by atoms with E-state index in [-0.39, 0.29) is 12.1 Å². The van der Waals surface area contributed by atoms with Gasteiger partial charge in [0.05, 0.1) is 5.56 Å². The molecule has 1 aliphatic rings. The maximum absolute atomic E-state index is 12.1. The second-order valence-electron chi connectivity index (χ2n) is 6.01.